The van der Waals surface area contributed by atoms with Gasteiger partial charge in [-0.1, -0.05) is 41.0 Å². The molecule has 0 aromatic rings. The number of hydrogen-bond donors (Lipinski definition) is 0. The van der Waals surface area contributed by atoms with Gasteiger partial charge >= 0.3 is 0 Å². The first-order chi connectivity index (χ1) is 6.47. The molecule has 0 bridgehead atoms. The van der Waals surface area contributed by atoms with E-state index in [4.69, 9.17) is 0 Å². The van der Waals surface area contributed by atoms with E-state index in [1.165, 1.54) is 32.1 Å². The molecule has 0 heteroatoms. The van der Waals surface area contributed by atoms with Crippen molar-refractivity contribution in [2.24, 2.45) is 23.2 Å². The SMILES string of the molecule is CCC1(C)CCC(C)C(C)CC(C)C1. The molecule has 0 nitrogen and oxygen atoms in total. The lowest BCUT2D eigenvalue weighted by molar-refractivity contribution is 0.140. The van der Waals surface area contributed by atoms with Crippen LogP contribution in [0, 0.1) is 23.2 Å². The largest absolute Gasteiger partial charge is 0.0649 e. The second-order valence-corrected chi connectivity index (χ2v) is 6.20. The maximum atomic E-state index is 2.49. The first-order valence-corrected chi connectivity index (χ1v) is 6.47. The molecular weight excluding hydrogens is 168 g/mol. The summed E-state index contributed by atoms with van der Waals surface area (Å²) in [5.41, 5.74) is 0.633. The Labute approximate surface area is 90.5 Å². The van der Waals surface area contributed by atoms with E-state index in [-0.39, 0.29) is 0 Å². The van der Waals surface area contributed by atoms with E-state index in [0.717, 1.165) is 17.8 Å². The monoisotopic (exact) mass is 196 g/mol. The highest BCUT2D eigenvalue weighted by Gasteiger charge is 2.29. The van der Waals surface area contributed by atoms with Crippen molar-refractivity contribution >= 4 is 0 Å². The van der Waals surface area contributed by atoms with Gasteiger partial charge in [-0.2, -0.15) is 0 Å². The molecule has 1 fully saturated rings. The van der Waals surface area contributed by atoms with Gasteiger partial charge in [-0.05, 0) is 48.9 Å². The van der Waals surface area contributed by atoms with E-state index in [1.54, 1.807) is 0 Å². The third-order valence-corrected chi connectivity index (χ3v) is 4.64. The number of hydrogen-bond acceptors (Lipinski definition) is 0. The van der Waals surface area contributed by atoms with E-state index in [9.17, 15) is 0 Å². The summed E-state index contributed by atoms with van der Waals surface area (Å²) in [4.78, 5) is 0. The molecule has 0 aliphatic heterocycles. The van der Waals surface area contributed by atoms with Gasteiger partial charge in [-0.25, -0.2) is 0 Å². The average Bonchev–Trinajstić information content (AvgIpc) is 2.12. The Morgan fingerprint density at radius 2 is 1.79 bits per heavy atom. The fourth-order valence-corrected chi connectivity index (χ4v) is 3.08. The minimum atomic E-state index is 0.633. The van der Waals surface area contributed by atoms with Crippen molar-refractivity contribution in [2.45, 2.75) is 66.7 Å². The first-order valence-electron chi connectivity index (χ1n) is 6.47. The second kappa shape index (κ2) is 4.68. The summed E-state index contributed by atoms with van der Waals surface area (Å²) in [6.07, 6.45) is 7.13. The molecule has 0 aromatic carbocycles. The second-order valence-electron chi connectivity index (χ2n) is 6.20. The highest BCUT2D eigenvalue weighted by atomic mass is 14.3. The highest BCUT2D eigenvalue weighted by Crippen LogP contribution is 2.41. The highest BCUT2D eigenvalue weighted by molar-refractivity contribution is 4.81. The molecule has 84 valence electrons. The maximum Gasteiger partial charge on any atom is -0.0326 e. The molecule has 1 aliphatic rings. The minimum Gasteiger partial charge on any atom is -0.0649 e. The minimum absolute atomic E-state index is 0.633. The van der Waals surface area contributed by atoms with E-state index in [0.29, 0.717) is 5.41 Å². The average molecular weight is 196 g/mol. The molecular formula is C14H28. The Morgan fingerprint density at radius 3 is 2.36 bits per heavy atom. The van der Waals surface area contributed by atoms with Gasteiger partial charge in [0.15, 0.2) is 0 Å². The molecule has 0 N–H and O–H groups in total. The molecule has 1 aliphatic carbocycles. The van der Waals surface area contributed by atoms with Gasteiger partial charge in [0.05, 0.1) is 0 Å². The quantitative estimate of drug-likeness (QED) is 0.560. The molecule has 0 spiro atoms. The predicted octanol–water partition coefficient (Wildman–Crippen LogP) is 4.89. The van der Waals surface area contributed by atoms with E-state index in [1.807, 2.05) is 0 Å². The van der Waals surface area contributed by atoms with Crippen molar-refractivity contribution in [3.63, 3.8) is 0 Å². The Bertz CT molecular complexity index is 173. The zero-order chi connectivity index (χ0) is 10.8. The van der Waals surface area contributed by atoms with Crippen LogP contribution in [0.4, 0.5) is 0 Å². The normalized spacial score (nSPS) is 45.6. The Balaban J connectivity index is 2.63. The molecule has 0 radical (unpaired) electrons. The Kier molecular flexibility index (Phi) is 4.04. The van der Waals surface area contributed by atoms with Crippen LogP contribution in [-0.4, -0.2) is 0 Å². The third kappa shape index (κ3) is 3.00. The molecule has 0 amide bonds. The fourth-order valence-electron chi connectivity index (χ4n) is 3.08. The summed E-state index contributed by atoms with van der Waals surface area (Å²) < 4.78 is 0. The van der Waals surface area contributed by atoms with Crippen LogP contribution in [0.1, 0.15) is 66.7 Å². The standard InChI is InChI=1S/C14H28/c1-6-14(5)8-7-12(3)13(4)9-11(2)10-14/h11-13H,6-10H2,1-5H3. The van der Waals surface area contributed by atoms with Crippen LogP contribution < -0.4 is 0 Å². The van der Waals surface area contributed by atoms with Crippen molar-refractivity contribution in [1.82, 2.24) is 0 Å². The molecule has 1 saturated carbocycles. The first kappa shape index (κ1) is 12.1. The molecule has 0 aromatic heterocycles. The van der Waals surface area contributed by atoms with Gasteiger partial charge in [-0.3, -0.25) is 0 Å². The zero-order valence-electron chi connectivity index (χ0n) is 10.8. The fraction of sp³-hybridized carbons (Fsp3) is 1.00. The van der Waals surface area contributed by atoms with E-state index >= 15 is 0 Å². The van der Waals surface area contributed by atoms with Crippen LogP contribution in [0.5, 0.6) is 0 Å². The van der Waals surface area contributed by atoms with Crippen LogP contribution >= 0.6 is 0 Å². The lowest BCUT2D eigenvalue weighted by atomic mass is 9.68. The maximum absolute atomic E-state index is 2.49. The number of rotatable bonds is 1. The third-order valence-electron chi connectivity index (χ3n) is 4.64. The lowest BCUT2D eigenvalue weighted by Crippen LogP contribution is -2.26. The Hall–Kier alpha value is 0. The van der Waals surface area contributed by atoms with Crippen molar-refractivity contribution in [2.75, 3.05) is 0 Å². The summed E-state index contributed by atoms with van der Waals surface area (Å²) in [6, 6.07) is 0. The molecule has 4 unspecified atom stereocenters. The van der Waals surface area contributed by atoms with Crippen LogP contribution in [-0.2, 0) is 0 Å². The molecule has 4 atom stereocenters. The van der Waals surface area contributed by atoms with E-state index < -0.39 is 0 Å². The van der Waals surface area contributed by atoms with Crippen molar-refractivity contribution in [3.8, 4) is 0 Å². The van der Waals surface area contributed by atoms with Gasteiger partial charge < -0.3 is 0 Å². The summed E-state index contributed by atoms with van der Waals surface area (Å²) in [5, 5.41) is 0. The van der Waals surface area contributed by atoms with Crippen molar-refractivity contribution in [1.29, 1.82) is 0 Å². The summed E-state index contributed by atoms with van der Waals surface area (Å²) >= 11 is 0. The van der Waals surface area contributed by atoms with Gasteiger partial charge in [-0.15, -0.1) is 0 Å². The summed E-state index contributed by atoms with van der Waals surface area (Å²) in [7, 11) is 0. The summed E-state index contributed by atoms with van der Waals surface area (Å²) in [6.45, 7) is 12.2. The zero-order valence-corrected chi connectivity index (χ0v) is 10.8. The molecule has 14 heavy (non-hydrogen) atoms. The topological polar surface area (TPSA) is 0 Å². The molecule has 0 heterocycles. The van der Waals surface area contributed by atoms with Crippen LogP contribution in [0.2, 0.25) is 0 Å². The van der Waals surface area contributed by atoms with Crippen molar-refractivity contribution in [3.05, 3.63) is 0 Å². The van der Waals surface area contributed by atoms with Gasteiger partial charge in [0, 0.05) is 0 Å². The lowest BCUT2D eigenvalue weighted by Gasteiger charge is -2.37. The van der Waals surface area contributed by atoms with Crippen LogP contribution in [0.3, 0.4) is 0 Å². The van der Waals surface area contributed by atoms with Gasteiger partial charge in [0.2, 0.25) is 0 Å². The van der Waals surface area contributed by atoms with Crippen LogP contribution in [0.25, 0.3) is 0 Å². The molecule has 1 rings (SSSR count). The van der Waals surface area contributed by atoms with Crippen LogP contribution in [0.15, 0.2) is 0 Å². The molecule has 0 saturated heterocycles. The van der Waals surface area contributed by atoms with Gasteiger partial charge in [0.1, 0.15) is 0 Å². The van der Waals surface area contributed by atoms with Gasteiger partial charge in [0.25, 0.3) is 0 Å². The predicted molar refractivity (Wildman–Crippen MR) is 64.4 cm³/mol. The Morgan fingerprint density at radius 1 is 1.14 bits per heavy atom. The van der Waals surface area contributed by atoms with E-state index in [2.05, 4.69) is 34.6 Å². The smallest absolute Gasteiger partial charge is 0.0326 e. The summed E-state index contributed by atoms with van der Waals surface area (Å²) in [5.74, 6) is 2.80. The van der Waals surface area contributed by atoms with Crippen molar-refractivity contribution < 1.29 is 0 Å².